The zero-order valence-corrected chi connectivity index (χ0v) is 15.0. The summed E-state index contributed by atoms with van der Waals surface area (Å²) in [6.07, 6.45) is 1.57. The van der Waals surface area contributed by atoms with E-state index in [4.69, 9.17) is 17.3 Å². The van der Waals surface area contributed by atoms with Crippen LogP contribution >= 0.6 is 23.6 Å². The van der Waals surface area contributed by atoms with E-state index in [1.54, 1.807) is 24.3 Å². The molecular formula is C17H14N2O5S2. The molecular weight excluding hydrogens is 376 g/mol. The molecule has 3 rings (SSSR count). The largest absolute Gasteiger partial charge is 0.493 e. The highest BCUT2D eigenvalue weighted by Gasteiger charge is 2.28. The summed E-state index contributed by atoms with van der Waals surface area (Å²) >= 11 is 6.24. The van der Waals surface area contributed by atoms with Crippen molar-refractivity contribution in [1.29, 1.82) is 0 Å². The molecule has 1 aromatic carbocycles. The number of hydrogen-bond acceptors (Lipinski definition) is 6. The Morgan fingerprint density at radius 3 is 2.77 bits per heavy atom. The second-order valence-electron chi connectivity index (χ2n) is 5.59. The summed E-state index contributed by atoms with van der Waals surface area (Å²) in [4.78, 5) is 35.7. The number of anilines is 1. The van der Waals surface area contributed by atoms with E-state index in [1.807, 2.05) is 0 Å². The van der Waals surface area contributed by atoms with E-state index in [1.165, 1.54) is 10.6 Å². The quantitative estimate of drug-likeness (QED) is 0.411. The number of aromatic hydroxyl groups is 1. The van der Waals surface area contributed by atoms with Gasteiger partial charge in [0.25, 0.3) is 5.91 Å². The Bertz CT molecular complexity index is 1000. The SMILES string of the molecule is O=C(O)CCCn1c(O)c(C=C2C(=O)Nc3ccccc3C2=O)sc1=S. The number of rotatable bonds is 5. The van der Waals surface area contributed by atoms with E-state index >= 15 is 0 Å². The number of carbonyl (C=O) groups excluding carboxylic acids is 2. The third-order valence-corrected chi connectivity index (χ3v) is 5.24. The number of aliphatic carboxylic acids is 1. The number of carboxylic acids is 1. The average Bonchev–Trinajstić information content (AvgIpc) is 2.85. The molecule has 0 bridgehead atoms. The molecule has 0 fully saturated rings. The van der Waals surface area contributed by atoms with Crippen molar-refractivity contribution in [2.75, 3.05) is 5.32 Å². The van der Waals surface area contributed by atoms with E-state index < -0.39 is 17.7 Å². The van der Waals surface area contributed by atoms with Gasteiger partial charge in [0.2, 0.25) is 11.7 Å². The zero-order chi connectivity index (χ0) is 18.8. The number of aromatic nitrogens is 1. The normalized spacial score (nSPS) is 15.0. The summed E-state index contributed by atoms with van der Waals surface area (Å²) in [6, 6.07) is 6.67. The zero-order valence-electron chi connectivity index (χ0n) is 13.4. The highest BCUT2D eigenvalue weighted by Crippen LogP contribution is 2.32. The Hall–Kier alpha value is -2.78. The lowest BCUT2D eigenvalue weighted by Crippen LogP contribution is -2.27. The number of carboxylic acid groups (broad SMARTS) is 1. The van der Waals surface area contributed by atoms with Crippen LogP contribution in [-0.2, 0) is 16.1 Å². The van der Waals surface area contributed by atoms with Crippen molar-refractivity contribution >= 4 is 53.0 Å². The first-order chi connectivity index (χ1) is 12.4. The van der Waals surface area contributed by atoms with Crippen LogP contribution in [0.5, 0.6) is 5.88 Å². The number of para-hydroxylation sites is 1. The van der Waals surface area contributed by atoms with Gasteiger partial charge in [-0.1, -0.05) is 12.1 Å². The van der Waals surface area contributed by atoms with E-state index in [0.717, 1.165) is 11.3 Å². The van der Waals surface area contributed by atoms with Crippen LogP contribution in [0.1, 0.15) is 28.1 Å². The first kappa shape index (κ1) is 18.0. The molecule has 2 heterocycles. The number of nitrogens with zero attached hydrogens (tertiary/aromatic N) is 1. The first-order valence-electron chi connectivity index (χ1n) is 7.69. The summed E-state index contributed by atoms with van der Waals surface area (Å²) in [5.41, 5.74) is 0.734. The van der Waals surface area contributed by atoms with Gasteiger partial charge in [-0.05, 0) is 36.8 Å². The number of thiazole rings is 1. The Labute approximate surface area is 157 Å². The fraction of sp³-hybridized carbons (Fsp3) is 0.176. The Balaban J connectivity index is 1.93. The second kappa shape index (κ2) is 7.22. The van der Waals surface area contributed by atoms with Crippen LogP contribution in [-0.4, -0.2) is 32.4 Å². The Morgan fingerprint density at radius 2 is 2.04 bits per heavy atom. The lowest BCUT2D eigenvalue weighted by atomic mass is 9.96. The predicted octanol–water partition coefficient (Wildman–Crippen LogP) is 3.07. The predicted molar refractivity (Wildman–Crippen MR) is 99.1 cm³/mol. The minimum absolute atomic E-state index is 0.0504. The van der Waals surface area contributed by atoms with E-state index in [2.05, 4.69) is 5.32 Å². The maximum Gasteiger partial charge on any atom is 0.303 e. The lowest BCUT2D eigenvalue weighted by molar-refractivity contribution is -0.137. The molecule has 0 saturated carbocycles. The molecule has 1 aliphatic heterocycles. The van der Waals surface area contributed by atoms with Gasteiger partial charge in [-0.15, -0.1) is 11.3 Å². The van der Waals surface area contributed by atoms with Crippen LogP contribution in [0.25, 0.3) is 6.08 Å². The third kappa shape index (κ3) is 3.44. The van der Waals surface area contributed by atoms with Gasteiger partial charge in [0, 0.05) is 18.5 Å². The number of carbonyl (C=O) groups is 3. The van der Waals surface area contributed by atoms with Gasteiger partial charge in [0.15, 0.2) is 3.95 Å². The summed E-state index contributed by atoms with van der Waals surface area (Å²) < 4.78 is 1.73. The van der Waals surface area contributed by atoms with Crippen molar-refractivity contribution in [3.05, 3.63) is 44.2 Å². The van der Waals surface area contributed by atoms with Crippen molar-refractivity contribution in [1.82, 2.24) is 4.57 Å². The Morgan fingerprint density at radius 1 is 1.31 bits per heavy atom. The maximum atomic E-state index is 12.6. The minimum Gasteiger partial charge on any atom is -0.493 e. The first-order valence-corrected chi connectivity index (χ1v) is 8.92. The van der Waals surface area contributed by atoms with E-state index in [-0.39, 0.29) is 29.3 Å². The molecule has 26 heavy (non-hydrogen) atoms. The molecule has 0 radical (unpaired) electrons. The minimum atomic E-state index is -0.934. The number of amides is 1. The van der Waals surface area contributed by atoms with Crippen molar-refractivity contribution in [3.63, 3.8) is 0 Å². The van der Waals surface area contributed by atoms with Crippen LogP contribution < -0.4 is 5.32 Å². The second-order valence-corrected chi connectivity index (χ2v) is 7.27. The number of fused-ring (bicyclic) bond motifs is 1. The van der Waals surface area contributed by atoms with Gasteiger partial charge in [-0.3, -0.25) is 19.0 Å². The Kier molecular flexibility index (Phi) is 5.01. The van der Waals surface area contributed by atoms with Gasteiger partial charge in [0.05, 0.1) is 16.1 Å². The molecule has 0 aliphatic carbocycles. The smallest absolute Gasteiger partial charge is 0.303 e. The lowest BCUT2D eigenvalue weighted by Gasteiger charge is -2.17. The average molecular weight is 390 g/mol. The topological polar surface area (TPSA) is 109 Å². The van der Waals surface area contributed by atoms with Crippen LogP contribution in [0.2, 0.25) is 0 Å². The molecule has 0 saturated heterocycles. The standard InChI is InChI=1S/C17H14N2O5S2/c20-13(21)6-3-7-19-16(24)12(26-17(19)25)8-10-14(22)9-4-1-2-5-11(9)18-15(10)23/h1-2,4-5,8,24H,3,6-7H2,(H,18,23)(H,20,21). The highest BCUT2D eigenvalue weighted by atomic mass is 32.1. The van der Waals surface area contributed by atoms with Gasteiger partial charge in [-0.25, -0.2) is 0 Å². The molecule has 9 heteroatoms. The highest BCUT2D eigenvalue weighted by molar-refractivity contribution is 7.73. The van der Waals surface area contributed by atoms with Crippen LogP contribution in [0.15, 0.2) is 29.8 Å². The molecule has 1 aromatic heterocycles. The molecule has 1 amide bonds. The molecule has 7 nitrogen and oxygen atoms in total. The van der Waals surface area contributed by atoms with Gasteiger partial charge in [-0.2, -0.15) is 0 Å². The summed E-state index contributed by atoms with van der Waals surface area (Å²) in [5.74, 6) is -2.10. The van der Waals surface area contributed by atoms with Crippen LogP contribution in [0, 0.1) is 3.95 Å². The monoisotopic (exact) mass is 390 g/mol. The number of Topliss-reactive ketones (excluding diaryl/α,β-unsaturated/α-hetero) is 1. The summed E-state index contributed by atoms with van der Waals surface area (Å²) in [6.45, 7) is 0.236. The third-order valence-electron chi connectivity index (χ3n) is 3.85. The van der Waals surface area contributed by atoms with Crippen molar-refractivity contribution < 1.29 is 24.6 Å². The number of benzene rings is 1. The summed E-state index contributed by atoms with van der Waals surface area (Å²) in [5, 5.41) is 21.7. The van der Waals surface area contributed by atoms with Gasteiger partial charge in [0.1, 0.15) is 0 Å². The van der Waals surface area contributed by atoms with Crippen LogP contribution in [0.3, 0.4) is 0 Å². The van der Waals surface area contributed by atoms with E-state index in [0.29, 0.717) is 21.6 Å². The number of ketones is 1. The molecule has 0 atom stereocenters. The molecule has 134 valence electrons. The fourth-order valence-corrected chi connectivity index (χ4v) is 3.89. The fourth-order valence-electron chi connectivity index (χ4n) is 2.58. The van der Waals surface area contributed by atoms with Gasteiger partial charge < -0.3 is 15.5 Å². The van der Waals surface area contributed by atoms with Crippen LogP contribution in [0.4, 0.5) is 5.69 Å². The van der Waals surface area contributed by atoms with E-state index in [9.17, 15) is 19.5 Å². The van der Waals surface area contributed by atoms with Crippen molar-refractivity contribution in [3.8, 4) is 5.88 Å². The molecule has 2 aromatic rings. The molecule has 3 N–H and O–H groups in total. The number of nitrogens with one attached hydrogen (secondary N) is 1. The van der Waals surface area contributed by atoms with Crippen molar-refractivity contribution in [2.45, 2.75) is 19.4 Å². The summed E-state index contributed by atoms with van der Waals surface area (Å²) in [7, 11) is 0. The number of hydrogen-bond donors (Lipinski definition) is 3. The molecule has 0 unspecified atom stereocenters. The molecule has 0 spiro atoms. The maximum absolute atomic E-state index is 12.6. The van der Waals surface area contributed by atoms with Crippen molar-refractivity contribution in [2.24, 2.45) is 0 Å². The van der Waals surface area contributed by atoms with Gasteiger partial charge >= 0.3 is 5.97 Å². The molecule has 1 aliphatic rings.